The Kier molecular flexibility index (Phi) is 6.50. The Morgan fingerprint density at radius 2 is 1.73 bits per heavy atom. The molecule has 0 spiro atoms. The molecule has 140 valence electrons. The molecule has 5 heteroatoms. The normalized spacial score (nSPS) is 11.6. The highest BCUT2D eigenvalue weighted by Crippen LogP contribution is 2.30. The van der Waals surface area contributed by atoms with Gasteiger partial charge in [-0.3, -0.25) is 4.79 Å². The predicted octanol–water partition coefficient (Wildman–Crippen LogP) is 4.46. The van der Waals surface area contributed by atoms with E-state index in [-0.39, 0.29) is 5.91 Å². The second kappa shape index (κ2) is 8.61. The molecular weight excluding hydrogens is 328 g/mol. The Morgan fingerprint density at radius 3 is 2.31 bits per heavy atom. The minimum Gasteiger partial charge on any atom is -0.493 e. The zero-order valence-corrected chi connectivity index (χ0v) is 16.4. The molecule has 0 bridgehead atoms. The third-order valence-electron chi connectivity index (χ3n) is 4.17. The molecule has 0 saturated carbocycles. The van der Waals surface area contributed by atoms with Gasteiger partial charge in [-0.1, -0.05) is 17.7 Å². The maximum atomic E-state index is 12.6. The highest BCUT2D eigenvalue weighted by Gasteiger charge is 2.16. The van der Waals surface area contributed by atoms with Gasteiger partial charge < -0.3 is 20.1 Å². The molecule has 5 nitrogen and oxygen atoms in total. The van der Waals surface area contributed by atoms with Gasteiger partial charge in [0, 0.05) is 17.4 Å². The van der Waals surface area contributed by atoms with Crippen LogP contribution in [0.2, 0.25) is 0 Å². The summed E-state index contributed by atoms with van der Waals surface area (Å²) in [7, 11) is 1.60. The van der Waals surface area contributed by atoms with Crippen molar-refractivity contribution >= 4 is 17.3 Å². The van der Waals surface area contributed by atoms with Crippen molar-refractivity contribution in [1.29, 1.82) is 0 Å². The monoisotopic (exact) mass is 356 g/mol. The average molecular weight is 356 g/mol. The molecule has 1 amide bonds. The number of rotatable bonds is 7. The minimum absolute atomic E-state index is 0.0899. The van der Waals surface area contributed by atoms with Crippen LogP contribution in [-0.4, -0.2) is 25.7 Å². The number of benzene rings is 2. The SMILES string of the molecule is CCOc1ccc(N[C@H](C)C(=O)Nc2c(C)cc(C)cc2C)cc1OC. The molecule has 2 aromatic carbocycles. The van der Waals surface area contributed by atoms with Gasteiger partial charge in [0.15, 0.2) is 11.5 Å². The average Bonchev–Trinajstić information content (AvgIpc) is 2.59. The number of amides is 1. The molecular formula is C21H28N2O3. The first-order chi connectivity index (χ1) is 12.3. The zero-order chi connectivity index (χ0) is 19.3. The lowest BCUT2D eigenvalue weighted by Crippen LogP contribution is -2.32. The van der Waals surface area contributed by atoms with Gasteiger partial charge in [-0.15, -0.1) is 0 Å². The Balaban J connectivity index is 2.10. The smallest absolute Gasteiger partial charge is 0.246 e. The quantitative estimate of drug-likeness (QED) is 0.769. The van der Waals surface area contributed by atoms with Crippen molar-refractivity contribution in [3.63, 3.8) is 0 Å². The Bertz CT molecular complexity index is 764. The first-order valence-electron chi connectivity index (χ1n) is 8.81. The Labute approximate surface area is 155 Å². The maximum Gasteiger partial charge on any atom is 0.246 e. The number of hydrogen-bond donors (Lipinski definition) is 2. The lowest BCUT2D eigenvalue weighted by Gasteiger charge is -2.19. The van der Waals surface area contributed by atoms with Crippen molar-refractivity contribution in [3.05, 3.63) is 47.0 Å². The summed E-state index contributed by atoms with van der Waals surface area (Å²) >= 11 is 0. The number of carbonyl (C=O) groups excluding carboxylic acids is 1. The molecule has 0 radical (unpaired) electrons. The molecule has 0 fully saturated rings. The summed E-state index contributed by atoms with van der Waals surface area (Å²) in [6.45, 7) is 10.4. The fraction of sp³-hybridized carbons (Fsp3) is 0.381. The number of ether oxygens (including phenoxy) is 2. The molecule has 0 saturated heterocycles. The fourth-order valence-corrected chi connectivity index (χ4v) is 2.96. The summed E-state index contributed by atoms with van der Waals surface area (Å²) < 4.78 is 10.9. The zero-order valence-electron chi connectivity index (χ0n) is 16.4. The molecule has 26 heavy (non-hydrogen) atoms. The van der Waals surface area contributed by atoms with Crippen LogP contribution in [0.1, 0.15) is 30.5 Å². The van der Waals surface area contributed by atoms with Crippen LogP contribution in [-0.2, 0) is 4.79 Å². The molecule has 0 unspecified atom stereocenters. The van der Waals surface area contributed by atoms with Crippen molar-refractivity contribution in [3.8, 4) is 11.5 Å². The second-order valence-corrected chi connectivity index (χ2v) is 6.43. The van der Waals surface area contributed by atoms with Crippen molar-refractivity contribution < 1.29 is 14.3 Å². The van der Waals surface area contributed by atoms with Gasteiger partial charge in [-0.2, -0.15) is 0 Å². The number of hydrogen-bond acceptors (Lipinski definition) is 4. The molecule has 0 heterocycles. The molecule has 2 rings (SSSR count). The van der Waals surface area contributed by atoms with E-state index < -0.39 is 6.04 Å². The van der Waals surface area contributed by atoms with E-state index in [4.69, 9.17) is 9.47 Å². The molecule has 0 aliphatic carbocycles. The standard InChI is InChI=1S/C21H28N2O3/c1-7-26-18-9-8-17(12-19(18)25-6)22-16(5)21(24)23-20-14(3)10-13(2)11-15(20)4/h8-12,16,22H,7H2,1-6H3,(H,23,24)/t16-/m1/s1. The van der Waals surface area contributed by atoms with E-state index in [0.717, 1.165) is 22.5 Å². The van der Waals surface area contributed by atoms with Gasteiger partial charge in [0.25, 0.3) is 0 Å². The highest BCUT2D eigenvalue weighted by molar-refractivity contribution is 5.97. The van der Waals surface area contributed by atoms with E-state index in [0.29, 0.717) is 18.1 Å². The molecule has 0 aromatic heterocycles. The molecule has 2 aromatic rings. The van der Waals surface area contributed by atoms with Crippen LogP contribution in [0.15, 0.2) is 30.3 Å². The van der Waals surface area contributed by atoms with E-state index in [2.05, 4.69) is 29.7 Å². The number of aryl methyl sites for hydroxylation is 3. The summed E-state index contributed by atoms with van der Waals surface area (Å²) in [4.78, 5) is 12.6. The van der Waals surface area contributed by atoms with Crippen LogP contribution >= 0.6 is 0 Å². The predicted molar refractivity (Wildman–Crippen MR) is 107 cm³/mol. The van der Waals surface area contributed by atoms with Gasteiger partial charge in [-0.25, -0.2) is 0 Å². The summed E-state index contributed by atoms with van der Waals surface area (Å²) in [5.41, 5.74) is 4.98. The topological polar surface area (TPSA) is 59.6 Å². The van der Waals surface area contributed by atoms with Gasteiger partial charge in [-0.05, 0) is 57.9 Å². The summed E-state index contributed by atoms with van der Waals surface area (Å²) in [5, 5.41) is 6.24. The van der Waals surface area contributed by atoms with Gasteiger partial charge in [0.2, 0.25) is 5.91 Å². The molecule has 1 atom stereocenters. The summed E-state index contributed by atoms with van der Waals surface area (Å²) in [6.07, 6.45) is 0. The third-order valence-corrected chi connectivity index (χ3v) is 4.17. The largest absolute Gasteiger partial charge is 0.493 e. The maximum absolute atomic E-state index is 12.6. The minimum atomic E-state index is -0.405. The highest BCUT2D eigenvalue weighted by atomic mass is 16.5. The lowest BCUT2D eigenvalue weighted by molar-refractivity contribution is -0.116. The molecule has 2 N–H and O–H groups in total. The van der Waals surface area contributed by atoms with Crippen LogP contribution in [0.25, 0.3) is 0 Å². The van der Waals surface area contributed by atoms with Crippen LogP contribution in [0.5, 0.6) is 11.5 Å². The number of methoxy groups -OCH3 is 1. The lowest BCUT2D eigenvalue weighted by atomic mass is 10.0. The first kappa shape index (κ1) is 19.6. The van der Waals surface area contributed by atoms with Gasteiger partial charge >= 0.3 is 0 Å². The van der Waals surface area contributed by atoms with Crippen molar-refractivity contribution in [2.45, 2.75) is 40.7 Å². The van der Waals surface area contributed by atoms with Gasteiger partial charge in [0.1, 0.15) is 6.04 Å². The van der Waals surface area contributed by atoms with Crippen LogP contribution < -0.4 is 20.1 Å². The molecule has 0 aliphatic heterocycles. The van der Waals surface area contributed by atoms with E-state index in [1.54, 1.807) is 7.11 Å². The van der Waals surface area contributed by atoms with Crippen molar-refractivity contribution in [1.82, 2.24) is 0 Å². The van der Waals surface area contributed by atoms with E-state index in [1.165, 1.54) is 5.56 Å². The number of carbonyl (C=O) groups is 1. The number of nitrogens with one attached hydrogen (secondary N) is 2. The molecule has 0 aliphatic rings. The Hall–Kier alpha value is -2.69. The van der Waals surface area contributed by atoms with E-state index in [9.17, 15) is 4.79 Å². The van der Waals surface area contributed by atoms with Crippen LogP contribution in [0.4, 0.5) is 11.4 Å². The summed E-state index contributed by atoms with van der Waals surface area (Å²) in [5.74, 6) is 1.23. The first-order valence-corrected chi connectivity index (χ1v) is 8.81. The van der Waals surface area contributed by atoms with Gasteiger partial charge in [0.05, 0.1) is 13.7 Å². The van der Waals surface area contributed by atoms with E-state index >= 15 is 0 Å². The van der Waals surface area contributed by atoms with E-state index in [1.807, 2.05) is 45.9 Å². The van der Waals surface area contributed by atoms with Crippen LogP contribution in [0.3, 0.4) is 0 Å². The van der Waals surface area contributed by atoms with Crippen LogP contribution in [0, 0.1) is 20.8 Å². The fourth-order valence-electron chi connectivity index (χ4n) is 2.96. The number of anilines is 2. The van der Waals surface area contributed by atoms with Crippen molar-refractivity contribution in [2.75, 3.05) is 24.4 Å². The summed E-state index contributed by atoms with van der Waals surface area (Å²) in [6, 6.07) is 9.27. The van der Waals surface area contributed by atoms with Crippen molar-refractivity contribution in [2.24, 2.45) is 0 Å². The third kappa shape index (κ3) is 4.69. The Morgan fingerprint density at radius 1 is 1.08 bits per heavy atom. The second-order valence-electron chi connectivity index (χ2n) is 6.43.